The number of carbonyl (C=O) groups excluding carboxylic acids is 2. The molecule has 0 aromatic heterocycles. The summed E-state index contributed by atoms with van der Waals surface area (Å²) in [4.78, 5) is 24.0. The maximum Gasteiger partial charge on any atom is 0.407 e. The summed E-state index contributed by atoms with van der Waals surface area (Å²) in [5, 5.41) is 2.80. The van der Waals surface area contributed by atoms with E-state index in [9.17, 15) is 9.59 Å². The lowest BCUT2D eigenvalue weighted by atomic mass is 9.98. The zero-order chi connectivity index (χ0) is 36.0. The van der Waals surface area contributed by atoms with Crippen LogP contribution < -0.4 is 5.32 Å². The van der Waals surface area contributed by atoms with Crippen LogP contribution in [0.25, 0.3) is 11.1 Å². The van der Waals surface area contributed by atoms with E-state index in [1.165, 1.54) is 54.4 Å². The SMILES string of the molecule is CCCCCCCCCC(=O)OCCOCCOCCOCCOCCOCCOCCCNC(=O)OCC1c2ccccc2-c2ccccc21. The summed E-state index contributed by atoms with van der Waals surface area (Å²) in [7, 11) is 0. The van der Waals surface area contributed by atoms with Crippen LogP contribution in [-0.4, -0.2) is 111 Å². The van der Waals surface area contributed by atoms with Crippen molar-refractivity contribution in [2.45, 2.75) is 70.6 Å². The predicted molar refractivity (Wildman–Crippen MR) is 196 cm³/mol. The Bertz CT molecular complexity index is 1150. The second-order valence-electron chi connectivity index (χ2n) is 12.4. The van der Waals surface area contributed by atoms with Crippen molar-refractivity contribution in [1.82, 2.24) is 5.32 Å². The maximum atomic E-state index is 12.3. The zero-order valence-electron chi connectivity index (χ0n) is 30.7. The topological polar surface area (TPSA) is 120 Å². The minimum atomic E-state index is -0.415. The first-order valence-electron chi connectivity index (χ1n) is 18.9. The Hall–Kier alpha value is -3.06. The number of unbranched alkanes of at least 4 members (excludes halogenated alkanes) is 6. The van der Waals surface area contributed by atoms with Crippen molar-refractivity contribution in [3.63, 3.8) is 0 Å². The lowest BCUT2D eigenvalue weighted by Gasteiger charge is -2.14. The molecule has 1 aliphatic carbocycles. The van der Waals surface area contributed by atoms with Gasteiger partial charge in [-0.2, -0.15) is 0 Å². The molecule has 0 spiro atoms. The van der Waals surface area contributed by atoms with Crippen molar-refractivity contribution in [1.29, 1.82) is 0 Å². The number of rotatable bonds is 32. The van der Waals surface area contributed by atoms with Crippen LogP contribution in [0.2, 0.25) is 0 Å². The standard InChI is InChI=1S/C40H61NO10/c1-2-3-4-5-6-7-8-18-39(42)50-32-31-49-30-29-48-28-27-47-26-25-46-24-23-45-22-21-44-20-13-19-41-40(43)51-33-38-36-16-11-9-14-34(36)35-15-10-12-17-37(35)38/h9-12,14-17,38H,2-8,13,18-33H2,1H3,(H,41,43). The van der Waals surface area contributed by atoms with Gasteiger partial charge in [-0.3, -0.25) is 4.79 Å². The molecule has 3 rings (SSSR count). The van der Waals surface area contributed by atoms with Crippen molar-refractivity contribution < 1.29 is 47.5 Å². The summed E-state index contributed by atoms with van der Waals surface area (Å²) in [5.74, 6) is -0.0933. The van der Waals surface area contributed by atoms with Gasteiger partial charge in [-0.05, 0) is 35.1 Å². The Labute approximate surface area is 304 Å². The van der Waals surface area contributed by atoms with Gasteiger partial charge in [0.2, 0.25) is 0 Å². The lowest BCUT2D eigenvalue weighted by Crippen LogP contribution is -2.27. The van der Waals surface area contributed by atoms with E-state index in [4.69, 9.17) is 37.9 Å². The molecule has 1 aliphatic rings. The number of alkyl carbamates (subject to hydrolysis) is 1. The van der Waals surface area contributed by atoms with Gasteiger partial charge >= 0.3 is 12.1 Å². The summed E-state index contributed by atoms with van der Waals surface area (Å²) < 4.78 is 43.8. The summed E-state index contributed by atoms with van der Waals surface area (Å²) in [6, 6.07) is 16.6. The fourth-order valence-corrected chi connectivity index (χ4v) is 5.73. The Balaban J connectivity index is 0.982. The summed E-state index contributed by atoms with van der Waals surface area (Å²) >= 11 is 0. The molecule has 286 valence electrons. The summed E-state index contributed by atoms with van der Waals surface area (Å²) in [6.07, 6.45) is 9.04. The van der Waals surface area contributed by atoms with E-state index in [0.717, 1.165) is 12.8 Å². The van der Waals surface area contributed by atoms with Crippen molar-refractivity contribution in [3.05, 3.63) is 59.7 Å². The quantitative estimate of drug-likeness (QED) is 0.0648. The normalized spacial score (nSPS) is 12.1. The van der Waals surface area contributed by atoms with Gasteiger partial charge < -0.3 is 43.2 Å². The first-order chi connectivity index (χ1) is 25.2. The Morgan fingerprint density at radius 3 is 1.51 bits per heavy atom. The van der Waals surface area contributed by atoms with Crippen LogP contribution in [0.4, 0.5) is 4.79 Å². The van der Waals surface area contributed by atoms with E-state index in [1.807, 2.05) is 24.3 Å². The largest absolute Gasteiger partial charge is 0.463 e. The average Bonchev–Trinajstić information content (AvgIpc) is 3.47. The first kappa shape index (κ1) is 42.4. The van der Waals surface area contributed by atoms with Crippen molar-refractivity contribution in [3.8, 4) is 11.1 Å². The molecule has 0 bridgehead atoms. The third-order valence-electron chi connectivity index (χ3n) is 8.41. The molecule has 0 saturated heterocycles. The van der Waals surface area contributed by atoms with E-state index in [1.54, 1.807) is 0 Å². The molecule has 0 atom stereocenters. The molecule has 0 heterocycles. The van der Waals surface area contributed by atoms with E-state index in [2.05, 4.69) is 36.5 Å². The molecule has 2 aromatic rings. The van der Waals surface area contributed by atoms with Crippen molar-refractivity contribution >= 4 is 12.1 Å². The van der Waals surface area contributed by atoms with Gasteiger partial charge in [0, 0.05) is 25.5 Å². The monoisotopic (exact) mass is 715 g/mol. The highest BCUT2D eigenvalue weighted by molar-refractivity contribution is 5.79. The molecule has 0 aliphatic heterocycles. The molecule has 0 unspecified atom stereocenters. The minimum absolute atomic E-state index is 0.0504. The third kappa shape index (κ3) is 18.8. The van der Waals surface area contributed by atoms with Gasteiger partial charge in [0.05, 0.1) is 72.7 Å². The Morgan fingerprint density at radius 1 is 0.529 bits per heavy atom. The van der Waals surface area contributed by atoms with Crippen LogP contribution in [0.5, 0.6) is 0 Å². The molecule has 0 radical (unpaired) electrons. The molecule has 11 heteroatoms. The van der Waals surface area contributed by atoms with Crippen LogP contribution >= 0.6 is 0 Å². The third-order valence-corrected chi connectivity index (χ3v) is 8.41. The molecule has 0 saturated carbocycles. The highest BCUT2D eigenvalue weighted by Crippen LogP contribution is 2.44. The van der Waals surface area contributed by atoms with Crippen LogP contribution in [0.1, 0.15) is 81.8 Å². The molecular weight excluding hydrogens is 654 g/mol. The zero-order valence-corrected chi connectivity index (χ0v) is 30.7. The molecule has 1 amide bonds. The molecule has 51 heavy (non-hydrogen) atoms. The van der Waals surface area contributed by atoms with Crippen molar-refractivity contribution in [2.24, 2.45) is 0 Å². The minimum Gasteiger partial charge on any atom is -0.463 e. The second kappa shape index (κ2) is 28.5. The Morgan fingerprint density at radius 2 is 0.980 bits per heavy atom. The smallest absolute Gasteiger partial charge is 0.407 e. The first-order valence-corrected chi connectivity index (χ1v) is 18.9. The fraction of sp³-hybridized carbons (Fsp3) is 0.650. The number of esters is 1. The van der Waals surface area contributed by atoms with E-state index in [0.29, 0.717) is 105 Å². The number of fused-ring (bicyclic) bond motifs is 3. The Kier molecular flexibility index (Phi) is 23.7. The summed E-state index contributed by atoms with van der Waals surface area (Å²) in [5.41, 5.74) is 4.81. The highest BCUT2D eigenvalue weighted by atomic mass is 16.6. The van der Waals surface area contributed by atoms with Gasteiger partial charge in [-0.15, -0.1) is 0 Å². The number of nitrogens with one attached hydrogen (secondary N) is 1. The molecule has 0 fully saturated rings. The number of hydrogen-bond acceptors (Lipinski definition) is 10. The lowest BCUT2D eigenvalue weighted by molar-refractivity contribution is -0.145. The maximum absolute atomic E-state index is 12.3. The average molecular weight is 716 g/mol. The molecule has 2 aromatic carbocycles. The van der Waals surface area contributed by atoms with Crippen molar-refractivity contribution in [2.75, 3.05) is 99.0 Å². The predicted octanol–water partition coefficient (Wildman–Crippen LogP) is 6.70. The van der Waals surface area contributed by atoms with Gasteiger partial charge in [-0.1, -0.05) is 94.0 Å². The molecule has 1 N–H and O–H groups in total. The molecular formula is C40H61NO10. The van der Waals surface area contributed by atoms with Gasteiger partial charge in [0.15, 0.2) is 0 Å². The number of ether oxygens (including phenoxy) is 8. The van der Waals surface area contributed by atoms with Crippen LogP contribution in [0.3, 0.4) is 0 Å². The van der Waals surface area contributed by atoms with Crippen LogP contribution in [0.15, 0.2) is 48.5 Å². The number of amides is 1. The van der Waals surface area contributed by atoms with Crippen LogP contribution in [-0.2, 0) is 42.7 Å². The van der Waals surface area contributed by atoms with E-state index < -0.39 is 6.09 Å². The fourth-order valence-electron chi connectivity index (χ4n) is 5.73. The number of benzene rings is 2. The number of carbonyl (C=O) groups is 2. The van der Waals surface area contributed by atoms with Crippen LogP contribution in [0, 0.1) is 0 Å². The second-order valence-corrected chi connectivity index (χ2v) is 12.4. The molecule has 11 nitrogen and oxygen atoms in total. The number of hydrogen-bond donors (Lipinski definition) is 1. The van der Waals surface area contributed by atoms with E-state index >= 15 is 0 Å². The highest BCUT2D eigenvalue weighted by Gasteiger charge is 2.28. The van der Waals surface area contributed by atoms with E-state index in [-0.39, 0.29) is 18.5 Å². The van der Waals surface area contributed by atoms with Gasteiger partial charge in [-0.25, -0.2) is 4.79 Å². The van der Waals surface area contributed by atoms with Gasteiger partial charge in [0.1, 0.15) is 13.2 Å². The van der Waals surface area contributed by atoms with Gasteiger partial charge in [0.25, 0.3) is 0 Å². The summed E-state index contributed by atoms with van der Waals surface area (Å²) in [6.45, 7) is 8.93.